The smallest absolute Gasteiger partial charge is 0.120 e. The average Bonchev–Trinajstić information content (AvgIpc) is 2.33. The molecule has 0 heterocycles. The molecule has 0 atom stereocenters. The molecule has 2 rings (SSSR count). The first kappa shape index (κ1) is 10.6. The largest absolute Gasteiger partial charge is 0.497 e. The van der Waals surface area contributed by atoms with Crippen LogP contribution in [0.3, 0.4) is 0 Å². The lowest BCUT2D eigenvalue weighted by Gasteiger charge is -2.11. The van der Waals surface area contributed by atoms with Crippen molar-refractivity contribution >= 4 is 11.4 Å². The van der Waals surface area contributed by atoms with Crippen molar-refractivity contribution in [2.45, 2.75) is 6.92 Å². The third-order valence-electron chi connectivity index (χ3n) is 2.50. The van der Waals surface area contributed by atoms with Gasteiger partial charge in [0.15, 0.2) is 0 Å². The van der Waals surface area contributed by atoms with E-state index in [-0.39, 0.29) is 0 Å². The van der Waals surface area contributed by atoms with E-state index in [1.54, 1.807) is 7.11 Å². The summed E-state index contributed by atoms with van der Waals surface area (Å²) in [5.74, 6) is 0.865. The van der Waals surface area contributed by atoms with Crippen LogP contribution in [0.4, 0.5) is 11.4 Å². The van der Waals surface area contributed by atoms with Gasteiger partial charge in [0.2, 0.25) is 0 Å². The maximum atomic E-state index is 5.21. The molecule has 0 saturated carbocycles. The summed E-state index contributed by atoms with van der Waals surface area (Å²) in [4.78, 5) is 0. The molecule has 1 N–H and O–H groups in total. The van der Waals surface area contributed by atoms with Crippen molar-refractivity contribution in [2.24, 2.45) is 0 Å². The highest BCUT2D eigenvalue weighted by Gasteiger charge is 2.00. The lowest BCUT2D eigenvalue weighted by atomic mass is 10.2. The first-order valence-electron chi connectivity index (χ1n) is 5.26. The lowest BCUT2D eigenvalue weighted by molar-refractivity contribution is 0.415. The van der Waals surface area contributed by atoms with E-state index in [0.717, 1.165) is 17.1 Å². The highest BCUT2D eigenvalue weighted by atomic mass is 16.5. The molecule has 0 aliphatic heterocycles. The Morgan fingerprint density at radius 1 is 1.00 bits per heavy atom. The minimum Gasteiger partial charge on any atom is -0.497 e. The second-order valence-corrected chi connectivity index (χ2v) is 3.67. The van der Waals surface area contributed by atoms with Crippen LogP contribution in [0.2, 0.25) is 0 Å². The van der Waals surface area contributed by atoms with E-state index in [0.29, 0.717) is 0 Å². The highest BCUT2D eigenvalue weighted by molar-refractivity contribution is 5.64. The highest BCUT2D eigenvalue weighted by Crippen LogP contribution is 2.24. The minimum absolute atomic E-state index is 0.865. The van der Waals surface area contributed by atoms with Gasteiger partial charge in [0, 0.05) is 17.4 Å². The number of aryl methyl sites for hydroxylation is 1. The first-order chi connectivity index (χ1) is 7.79. The topological polar surface area (TPSA) is 21.3 Å². The van der Waals surface area contributed by atoms with Crippen LogP contribution < -0.4 is 10.1 Å². The van der Waals surface area contributed by atoms with Gasteiger partial charge in [-0.15, -0.1) is 0 Å². The Morgan fingerprint density at radius 2 is 1.75 bits per heavy atom. The van der Waals surface area contributed by atoms with E-state index in [1.807, 2.05) is 48.5 Å². The molecule has 2 nitrogen and oxygen atoms in total. The van der Waals surface area contributed by atoms with Crippen molar-refractivity contribution in [1.82, 2.24) is 0 Å². The number of hydrogen-bond donors (Lipinski definition) is 1. The molecule has 0 saturated heterocycles. The van der Waals surface area contributed by atoms with Crippen LogP contribution in [0, 0.1) is 6.92 Å². The Balaban J connectivity index is 2.27. The molecule has 0 unspecified atom stereocenters. The van der Waals surface area contributed by atoms with E-state index in [4.69, 9.17) is 4.74 Å². The summed E-state index contributed by atoms with van der Waals surface area (Å²) in [5, 5.41) is 3.37. The summed E-state index contributed by atoms with van der Waals surface area (Å²) in [6.07, 6.45) is 0. The minimum atomic E-state index is 0.865. The van der Waals surface area contributed by atoms with E-state index < -0.39 is 0 Å². The fourth-order valence-corrected chi connectivity index (χ4v) is 1.54. The standard InChI is InChI=1S/C14H15NO/c1-11-8-9-13(16-2)10-14(11)15-12-6-4-3-5-7-12/h3-10,15H,1-2H3. The molecule has 0 aromatic heterocycles. The van der Waals surface area contributed by atoms with Crippen LogP contribution >= 0.6 is 0 Å². The Bertz CT molecular complexity index is 465. The summed E-state index contributed by atoms with van der Waals surface area (Å²) < 4.78 is 5.21. The van der Waals surface area contributed by atoms with E-state index in [2.05, 4.69) is 12.2 Å². The Labute approximate surface area is 95.9 Å². The van der Waals surface area contributed by atoms with Crippen molar-refractivity contribution in [1.29, 1.82) is 0 Å². The van der Waals surface area contributed by atoms with Gasteiger partial charge < -0.3 is 10.1 Å². The van der Waals surface area contributed by atoms with Crippen molar-refractivity contribution in [3.63, 3.8) is 0 Å². The van der Waals surface area contributed by atoms with E-state index in [1.165, 1.54) is 5.56 Å². The number of rotatable bonds is 3. The van der Waals surface area contributed by atoms with E-state index >= 15 is 0 Å². The third-order valence-corrected chi connectivity index (χ3v) is 2.50. The van der Waals surface area contributed by atoms with Crippen LogP contribution in [0.1, 0.15) is 5.56 Å². The predicted molar refractivity (Wildman–Crippen MR) is 67.5 cm³/mol. The number of ether oxygens (including phenoxy) is 1. The monoisotopic (exact) mass is 213 g/mol. The maximum Gasteiger partial charge on any atom is 0.120 e. The predicted octanol–water partition coefficient (Wildman–Crippen LogP) is 3.75. The molecule has 16 heavy (non-hydrogen) atoms. The van der Waals surface area contributed by atoms with Crippen molar-refractivity contribution in [3.05, 3.63) is 54.1 Å². The number of methoxy groups -OCH3 is 1. The van der Waals surface area contributed by atoms with E-state index in [9.17, 15) is 0 Å². The van der Waals surface area contributed by atoms with Gasteiger partial charge in [0.05, 0.1) is 7.11 Å². The van der Waals surface area contributed by atoms with Crippen molar-refractivity contribution in [2.75, 3.05) is 12.4 Å². The fourth-order valence-electron chi connectivity index (χ4n) is 1.54. The SMILES string of the molecule is COc1ccc(C)c(Nc2ccccc2)c1. The molecule has 0 radical (unpaired) electrons. The van der Waals surface area contributed by atoms with Gasteiger partial charge >= 0.3 is 0 Å². The van der Waals surface area contributed by atoms with Gasteiger partial charge in [0.1, 0.15) is 5.75 Å². The Hall–Kier alpha value is -1.96. The summed E-state index contributed by atoms with van der Waals surface area (Å²) in [6.45, 7) is 2.07. The van der Waals surface area contributed by atoms with Crippen LogP contribution in [0.15, 0.2) is 48.5 Å². The van der Waals surface area contributed by atoms with Gasteiger partial charge in [-0.25, -0.2) is 0 Å². The summed E-state index contributed by atoms with van der Waals surface area (Å²) in [5.41, 5.74) is 3.36. The molecule has 0 aliphatic rings. The number of benzene rings is 2. The molecule has 0 fully saturated rings. The van der Waals surface area contributed by atoms with Gasteiger partial charge in [-0.2, -0.15) is 0 Å². The van der Waals surface area contributed by atoms with Crippen LogP contribution in [0.5, 0.6) is 5.75 Å². The molecular formula is C14H15NO. The molecular weight excluding hydrogens is 198 g/mol. The quantitative estimate of drug-likeness (QED) is 0.838. The summed E-state index contributed by atoms with van der Waals surface area (Å²) >= 11 is 0. The lowest BCUT2D eigenvalue weighted by Crippen LogP contribution is -1.93. The van der Waals surface area contributed by atoms with Gasteiger partial charge in [-0.05, 0) is 30.7 Å². The molecule has 82 valence electrons. The van der Waals surface area contributed by atoms with Crippen molar-refractivity contribution in [3.8, 4) is 5.75 Å². The zero-order chi connectivity index (χ0) is 11.4. The van der Waals surface area contributed by atoms with Gasteiger partial charge in [-0.3, -0.25) is 0 Å². The first-order valence-corrected chi connectivity index (χ1v) is 5.26. The van der Waals surface area contributed by atoms with Crippen LogP contribution in [0.25, 0.3) is 0 Å². The fraction of sp³-hybridized carbons (Fsp3) is 0.143. The molecule has 2 heteroatoms. The Kier molecular flexibility index (Phi) is 3.10. The number of anilines is 2. The molecule has 0 spiro atoms. The zero-order valence-corrected chi connectivity index (χ0v) is 9.53. The zero-order valence-electron chi connectivity index (χ0n) is 9.53. The van der Waals surface area contributed by atoms with Crippen molar-refractivity contribution < 1.29 is 4.74 Å². The molecule has 0 aliphatic carbocycles. The van der Waals surface area contributed by atoms with Crippen LogP contribution in [-0.4, -0.2) is 7.11 Å². The average molecular weight is 213 g/mol. The Morgan fingerprint density at radius 3 is 2.44 bits per heavy atom. The molecule has 0 amide bonds. The second kappa shape index (κ2) is 4.71. The number of para-hydroxylation sites is 1. The van der Waals surface area contributed by atoms with Gasteiger partial charge in [-0.1, -0.05) is 24.3 Å². The number of nitrogens with one attached hydrogen (secondary N) is 1. The molecule has 0 bridgehead atoms. The summed E-state index contributed by atoms with van der Waals surface area (Å²) in [6, 6.07) is 16.1. The number of hydrogen-bond acceptors (Lipinski definition) is 2. The normalized spacial score (nSPS) is 9.88. The van der Waals surface area contributed by atoms with Gasteiger partial charge in [0.25, 0.3) is 0 Å². The molecule has 2 aromatic rings. The molecule has 2 aromatic carbocycles. The maximum absolute atomic E-state index is 5.21. The van der Waals surface area contributed by atoms with Crippen LogP contribution in [-0.2, 0) is 0 Å². The summed E-state index contributed by atoms with van der Waals surface area (Å²) in [7, 11) is 1.68. The third kappa shape index (κ3) is 2.34. The second-order valence-electron chi connectivity index (χ2n) is 3.67.